The quantitative estimate of drug-likeness (QED) is 0.612. The SMILES string of the molecule is Cc1cnc2n(c1=O)C[C@H](C(=O)N1CCn3c1nc1ccccc13)CS2. The second kappa shape index (κ2) is 5.70. The van der Waals surface area contributed by atoms with Crippen LogP contribution in [0.3, 0.4) is 0 Å². The van der Waals surface area contributed by atoms with Crippen LogP contribution in [0.4, 0.5) is 5.95 Å². The molecule has 1 amide bonds. The molecule has 3 aromatic rings. The van der Waals surface area contributed by atoms with Crippen molar-refractivity contribution in [1.82, 2.24) is 19.1 Å². The van der Waals surface area contributed by atoms with Gasteiger partial charge in [-0.1, -0.05) is 23.9 Å². The number of benzene rings is 1. The molecule has 4 heterocycles. The molecule has 2 aliphatic rings. The van der Waals surface area contributed by atoms with Crippen LogP contribution in [0.25, 0.3) is 11.0 Å². The second-order valence-corrected chi connectivity index (χ2v) is 7.68. The van der Waals surface area contributed by atoms with Crippen LogP contribution in [0.2, 0.25) is 0 Å². The third kappa shape index (κ3) is 2.21. The molecule has 132 valence electrons. The van der Waals surface area contributed by atoms with E-state index < -0.39 is 0 Å². The molecule has 0 aliphatic carbocycles. The Labute approximate surface area is 153 Å². The molecule has 2 aliphatic heterocycles. The summed E-state index contributed by atoms with van der Waals surface area (Å²) in [5, 5.41) is 0.693. The lowest BCUT2D eigenvalue weighted by molar-refractivity contribution is -0.122. The van der Waals surface area contributed by atoms with Gasteiger partial charge < -0.3 is 4.57 Å². The van der Waals surface area contributed by atoms with E-state index in [1.807, 2.05) is 24.3 Å². The molecule has 0 fully saturated rings. The van der Waals surface area contributed by atoms with Crippen molar-refractivity contribution in [2.45, 2.75) is 25.2 Å². The summed E-state index contributed by atoms with van der Waals surface area (Å²) in [5.41, 5.74) is 2.50. The zero-order chi connectivity index (χ0) is 17.8. The van der Waals surface area contributed by atoms with E-state index >= 15 is 0 Å². The monoisotopic (exact) mass is 367 g/mol. The van der Waals surface area contributed by atoms with Crippen LogP contribution in [0, 0.1) is 12.8 Å². The molecule has 0 saturated heterocycles. The molecular weight excluding hydrogens is 350 g/mol. The van der Waals surface area contributed by atoms with Crippen molar-refractivity contribution in [2.75, 3.05) is 17.2 Å². The Hall–Kier alpha value is -2.61. The molecule has 1 aromatic carbocycles. The van der Waals surface area contributed by atoms with E-state index in [4.69, 9.17) is 0 Å². The van der Waals surface area contributed by atoms with Gasteiger partial charge >= 0.3 is 0 Å². The molecule has 26 heavy (non-hydrogen) atoms. The van der Waals surface area contributed by atoms with Gasteiger partial charge in [-0.2, -0.15) is 0 Å². The first-order valence-electron chi connectivity index (χ1n) is 8.59. The van der Waals surface area contributed by atoms with Gasteiger partial charge in [-0.15, -0.1) is 0 Å². The number of anilines is 1. The van der Waals surface area contributed by atoms with Crippen LogP contribution < -0.4 is 10.5 Å². The fraction of sp³-hybridized carbons (Fsp3) is 0.333. The maximum Gasteiger partial charge on any atom is 0.257 e. The fourth-order valence-electron chi connectivity index (χ4n) is 3.67. The minimum absolute atomic E-state index is 0.0330. The van der Waals surface area contributed by atoms with Crippen molar-refractivity contribution in [3.63, 3.8) is 0 Å². The van der Waals surface area contributed by atoms with E-state index in [0.29, 0.717) is 35.5 Å². The minimum atomic E-state index is -0.250. The summed E-state index contributed by atoms with van der Waals surface area (Å²) in [6, 6.07) is 7.93. The molecule has 1 atom stereocenters. The van der Waals surface area contributed by atoms with E-state index in [0.717, 1.165) is 17.6 Å². The highest BCUT2D eigenvalue weighted by molar-refractivity contribution is 7.99. The number of amides is 1. The summed E-state index contributed by atoms with van der Waals surface area (Å²) < 4.78 is 3.72. The molecule has 5 rings (SSSR count). The van der Waals surface area contributed by atoms with Crippen LogP contribution in [-0.2, 0) is 17.9 Å². The van der Waals surface area contributed by atoms with Gasteiger partial charge in [0, 0.05) is 37.1 Å². The lowest BCUT2D eigenvalue weighted by atomic mass is 10.1. The molecule has 0 radical (unpaired) electrons. The van der Waals surface area contributed by atoms with Crippen LogP contribution in [0.15, 0.2) is 40.4 Å². The predicted molar refractivity (Wildman–Crippen MR) is 99.5 cm³/mol. The van der Waals surface area contributed by atoms with Crippen molar-refractivity contribution in [3.8, 4) is 0 Å². The largest absolute Gasteiger partial charge is 0.308 e. The predicted octanol–water partition coefficient (Wildman–Crippen LogP) is 1.67. The maximum atomic E-state index is 13.2. The summed E-state index contributed by atoms with van der Waals surface area (Å²) in [7, 11) is 0. The number of aromatic nitrogens is 4. The first-order chi connectivity index (χ1) is 12.6. The second-order valence-electron chi connectivity index (χ2n) is 6.69. The zero-order valence-electron chi connectivity index (χ0n) is 14.3. The highest BCUT2D eigenvalue weighted by Gasteiger charge is 2.35. The average Bonchev–Trinajstić information content (AvgIpc) is 3.23. The van der Waals surface area contributed by atoms with Crippen molar-refractivity contribution >= 4 is 34.7 Å². The Bertz CT molecular complexity index is 1100. The molecule has 8 heteroatoms. The molecule has 0 unspecified atom stereocenters. The zero-order valence-corrected chi connectivity index (χ0v) is 15.1. The summed E-state index contributed by atoms with van der Waals surface area (Å²) >= 11 is 1.47. The Morgan fingerprint density at radius 3 is 2.96 bits per heavy atom. The molecule has 0 N–H and O–H groups in total. The van der Waals surface area contributed by atoms with Crippen molar-refractivity contribution in [3.05, 3.63) is 46.4 Å². The van der Waals surface area contributed by atoms with Gasteiger partial charge in [-0.25, -0.2) is 9.97 Å². The van der Waals surface area contributed by atoms with Gasteiger partial charge in [0.15, 0.2) is 5.16 Å². The summed E-state index contributed by atoms with van der Waals surface area (Å²) in [6.07, 6.45) is 1.60. The number of fused-ring (bicyclic) bond motifs is 4. The average molecular weight is 367 g/mol. The number of carbonyl (C=O) groups excluding carboxylic acids is 1. The summed E-state index contributed by atoms with van der Waals surface area (Å²) in [5.74, 6) is 1.12. The van der Waals surface area contributed by atoms with Gasteiger partial charge in [0.05, 0.1) is 17.0 Å². The van der Waals surface area contributed by atoms with Gasteiger partial charge in [0.25, 0.3) is 5.56 Å². The number of para-hydroxylation sites is 2. The third-order valence-electron chi connectivity index (χ3n) is 5.04. The van der Waals surface area contributed by atoms with Gasteiger partial charge in [0.2, 0.25) is 11.9 Å². The lowest BCUT2D eigenvalue weighted by Crippen LogP contribution is -2.42. The molecule has 0 saturated carbocycles. The smallest absolute Gasteiger partial charge is 0.257 e. The third-order valence-corrected chi connectivity index (χ3v) is 6.19. The summed E-state index contributed by atoms with van der Waals surface area (Å²) in [4.78, 5) is 36.3. The van der Waals surface area contributed by atoms with E-state index in [1.165, 1.54) is 11.8 Å². The number of aryl methyl sites for hydroxylation is 1. The van der Waals surface area contributed by atoms with Crippen molar-refractivity contribution < 1.29 is 4.79 Å². The molecular formula is C18H17N5O2S. The Morgan fingerprint density at radius 2 is 2.08 bits per heavy atom. The first-order valence-corrected chi connectivity index (χ1v) is 9.58. The van der Waals surface area contributed by atoms with Crippen LogP contribution in [0.1, 0.15) is 5.56 Å². The maximum absolute atomic E-state index is 13.2. The van der Waals surface area contributed by atoms with E-state index in [2.05, 4.69) is 14.5 Å². The van der Waals surface area contributed by atoms with Gasteiger partial charge in [-0.3, -0.25) is 19.1 Å². The molecule has 7 nitrogen and oxygen atoms in total. The van der Waals surface area contributed by atoms with Crippen LogP contribution >= 0.6 is 11.8 Å². The number of imidazole rings is 1. The van der Waals surface area contributed by atoms with Crippen LogP contribution in [-0.4, -0.2) is 37.3 Å². The van der Waals surface area contributed by atoms with E-state index in [9.17, 15) is 9.59 Å². The molecule has 0 spiro atoms. The highest BCUT2D eigenvalue weighted by atomic mass is 32.2. The number of rotatable bonds is 1. The number of carbonyl (C=O) groups is 1. The topological polar surface area (TPSA) is 73.0 Å². The standard InChI is InChI=1S/C18H17N5O2S/c1-11-8-19-18-23(15(11)24)9-12(10-26-18)16(25)22-7-6-21-14-5-3-2-4-13(14)20-17(21)22/h2-5,8,12H,6-7,9-10H2,1H3/t12-/m0/s1. The van der Waals surface area contributed by atoms with Gasteiger partial charge in [0.1, 0.15) is 0 Å². The highest BCUT2D eigenvalue weighted by Crippen LogP contribution is 2.31. The van der Waals surface area contributed by atoms with E-state index in [1.54, 1.807) is 22.6 Å². The Morgan fingerprint density at radius 1 is 1.23 bits per heavy atom. The molecule has 0 bridgehead atoms. The fourth-order valence-corrected chi connectivity index (χ4v) is 4.71. The van der Waals surface area contributed by atoms with Crippen LogP contribution in [0.5, 0.6) is 0 Å². The number of hydrogen-bond acceptors (Lipinski definition) is 5. The van der Waals surface area contributed by atoms with Gasteiger partial charge in [-0.05, 0) is 19.1 Å². The molecule has 2 aromatic heterocycles. The van der Waals surface area contributed by atoms with E-state index in [-0.39, 0.29) is 17.4 Å². The summed E-state index contributed by atoms with van der Waals surface area (Å²) in [6.45, 7) is 3.51. The lowest BCUT2D eigenvalue weighted by Gasteiger charge is -2.27. The van der Waals surface area contributed by atoms with Crippen molar-refractivity contribution in [1.29, 1.82) is 0 Å². The minimum Gasteiger partial charge on any atom is -0.308 e. The number of nitrogens with zero attached hydrogens (tertiary/aromatic N) is 5. The van der Waals surface area contributed by atoms with Crippen molar-refractivity contribution in [2.24, 2.45) is 5.92 Å². The Balaban J connectivity index is 1.47. The number of thioether (sulfide) groups is 1. The Kier molecular flexibility index (Phi) is 3.43. The number of hydrogen-bond donors (Lipinski definition) is 0. The normalized spacial score (nSPS) is 18.8. The first kappa shape index (κ1) is 15.6.